The molecule has 0 saturated heterocycles. The van der Waals surface area contributed by atoms with Gasteiger partial charge in [-0.05, 0) is 0 Å². The van der Waals surface area contributed by atoms with E-state index in [1.165, 1.54) is 0 Å². The van der Waals surface area contributed by atoms with Crippen molar-refractivity contribution in [3.8, 4) is 0 Å². The van der Waals surface area contributed by atoms with E-state index in [9.17, 15) is 13.2 Å². The van der Waals surface area contributed by atoms with Crippen LogP contribution >= 0.6 is 12.2 Å². The van der Waals surface area contributed by atoms with Crippen LogP contribution in [0, 0.1) is 0 Å². The second-order valence-electron chi connectivity index (χ2n) is 2.49. The number of ether oxygens (including phenoxy) is 1. The van der Waals surface area contributed by atoms with Gasteiger partial charge in [-0.3, -0.25) is 0 Å². The molecule has 0 aliphatic rings. The first kappa shape index (κ1) is 14.1. The number of thiocarbonyl (C=S) groups is 1. The summed E-state index contributed by atoms with van der Waals surface area (Å²) in [6.45, 7) is 1.61. The molecule has 88 valence electrons. The molecule has 0 aromatic rings. The summed E-state index contributed by atoms with van der Waals surface area (Å²) in [5, 5.41) is 0. The number of amides is 1. The van der Waals surface area contributed by atoms with Crippen LogP contribution in [0.15, 0.2) is 0 Å². The highest BCUT2D eigenvalue weighted by Gasteiger charge is 2.23. The van der Waals surface area contributed by atoms with E-state index in [-0.39, 0.29) is 18.1 Å². The van der Waals surface area contributed by atoms with Gasteiger partial charge in [0.1, 0.15) is 0 Å². The Hall–Kier alpha value is -0.930. The summed E-state index contributed by atoms with van der Waals surface area (Å²) in [6.07, 6.45) is -1.06. The van der Waals surface area contributed by atoms with Gasteiger partial charge in [0, 0.05) is 6.54 Å². The van der Waals surface area contributed by atoms with E-state index in [1.54, 1.807) is 11.6 Å². The summed E-state index contributed by atoms with van der Waals surface area (Å²) >= 11 is 4.58. The largest absolute Gasteiger partial charge is 0.452 e. The third-order valence-electron chi connectivity index (χ3n) is 1.42. The maximum atomic E-state index is 11.5. The molecule has 0 rings (SSSR count). The van der Waals surface area contributed by atoms with E-state index in [2.05, 4.69) is 17.0 Å². The predicted molar refractivity (Wildman–Crippen MR) is 58.5 cm³/mol. The van der Waals surface area contributed by atoms with Gasteiger partial charge in [0.2, 0.25) is 0 Å². The van der Waals surface area contributed by atoms with Gasteiger partial charge in [-0.1, -0.05) is 19.1 Å². The molecule has 0 aromatic carbocycles. The SMILES string of the molecule is CCN(CC(N)=S)S(=O)(=O)NC(=O)OC. The van der Waals surface area contributed by atoms with Crippen molar-refractivity contribution >= 4 is 33.5 Å². The van der Waals surface area contributed by atoms with Gasteiger partial charge in [-0.15, -0.1) is 0 Å². The van der Waals surface area contributed by atoms with Crippen LogP contribution in [0.3, 0.4) is 0 Å². The number of carbonyl (C=O) groups is 1. The highest BCUT2D eigenvalue weighted by Crippen LogP contribution is 1.97. The van der Waals surface area contributed by atoms with E-state index in [4.69, 9.17) is 5.73 Å². The predicted octanol–water partition coefficient (Wildman–Crippen LogP) is -0.805. The molecule has 9 heteroatoms. The first-order valence-electron chi connectivity index (χ1n) is 3.97. The Balaban J connectivity index is 4.66. The second kappa shape index (κ2) is 5.83. The van der Waals surface area contributed by atoms with E-state index >= 15 is 0 Å². The van der Waals surface area contributed by atoms with E-state index in [0.29, 0.717) is 0 Å². The van der Waals surface area contributed by atoms with Crippen molar-refractivity contribution in [2.75, 3.05) is 20.2 Å². The second-order valence-corrected chi connectivity index (χ2v) is 4.69. The molecule has 0 aliphatic heterocycles. The maximum absolute atomic E-state index is 11.5. The summed E-state index contributed by atoms with van der Waals surface area (Å²) in [6, 6.07) is 0. The molecule has 0 fully saturated rings. The van der Waals surface area contributed by atoms with Crippen LogP contribution in [0.1, 0.15) is 6.92 Å². The average Bonchev–Trinajstić information content (AvgIpc) is 2.12. The highest BCUT2D eigenvalue weighted by molar-refractivity contribution is 7.87. The Labute approximate surface area is 93.7 Å². The fraction of sp³-hybridized carbons (Fsp3) is 0.667. The Morgan fingerprint density at radius 3 is 2.47 bits per heavy atom. The number of hydrogen-bond donors (Lipinski definition) is 2. The molecular weight excluding hydrogens is 242 g/mol. The normalized spacial score (nSPS) is 11.1. The van der Waals surface area contributed by atoms with Crippen LogP contribution in [0.4, 0.5) is 4.79 Å². The molecule has 0 unspecified atom stereocenters. The summed E-state index contributed by atoms with van der Waals surface area (Å²) in [5.74, 6) is 0. The zero-order valence-corrected chi connectivity index (χ0v) is 10.0. The van der Waals surface area contributed by atoms with Crippen molar-refractivity contribution in [3.05, 3.63) is 0 Å². The Morgan fingerprint density at radius 1 is 1.60 bits per heavy atom. The molecular formula is C6H13N3O4S2. The lowest BCUT2D eigenvalue weighted by molar-refractivity contribution is 0.177. The molecule has 0 bridgehead atoms. The monoisotopic (exact) mass is 255 g/mol. The molecule has 0 saturated carbocycles. The van der Waals surface area contributed by atoms with Crippen LogP contribution in [0.25, 0.3) is 0 Å². The smallest absolute Gasteiger partial charge is 0.421 e. The molecule has 0 radical (unpaired) electrons. The number of methoxy groups -OCH3 is 1. The van der Waals surface area contributed by atoms with Crippen molar-refractivity contribution < 1.29 is 17.9 Å². The lowest BCUT2D eigenvalue weighted by Gasteiger charge is -2.19. The zero-order valence-electron chi connectivity index (χ0n) is 8.39. The van der Waals surface area contributed by atoms with Crippen LogP contribution in [-0.4, -0.2) is 44.0 Å². The number of carbonyl (C=O) groups excluding carboxylic acids is 1. The van der Waals surface area contributed by atoms with Crippen LogP contribution in [0.2, 0.25) is 0 Å². The minimum Gasteiger partial charge on any atom is -0.452 e. The van der Waals surface area contributed by atoms with Gasteiger partial charge in [-0.2, -0.15) is 12.7 Å². The number of nitrogens with two attached hydrogens (primary N) is 1. The zero-order chi connectivity index (χ0) is 12.1. The van der Waals surface area contributed by atoms with Gasteiger partial charge in [-0.25, -0.2) is 9.52 Å². The number of nitrogens with zero attached hydrogens (tertiary/aromatic N) is 1. The molecule has 0 aromatic heterocycles. The van der Waals surface area contributed by atoms with Crippen LogP contribution in [0.5, 0.6) is 0 Å². The van der Waals surface area contributed by atoms with Gasteiger partial charge in [0.05, 0.1) is 18.6 Å². The summed E-state index contributed by atoms with van der Waals surface area (Å²) in [7, 11) is -2.87. The summed E-state index contributed by atoms with van der Waals surface area (Å²) in [4.78, 5) is 10.8. The van der Waals surface area contributed by atoms with Crippen LogP contribution in [-0.2, 0) is 14.9 Å². The van der Waals surface area contributed by atoms with Crippen molar-refractivity contribution in [2.24, 2.45) is 5.73 Å². The summed E-state index contributed by atoms with van der Waals surface area (Å²) < 4.78 is 29.7. The maximum Gasteiger partial charge on any atom is 0.421 e. The number of nitrogens with one attached hydrogen (secondary N) is 1. The van der Waals surface area contributed by atoms with Crippen molar-refractivity contribution in [2.45, 2.75) is 6.92 Å². The highest BCUT2D eigenvalue weighted by atomic mass is 32.2. The first-order valence-corrected chi connectivity index (χ1v) is 5.82. The topological polar surface area (TPSA) is 102 Å². The van der Waals surface area contributed by atoms with E-state index in [1.807, 2.05) is 0 Å². The number of likely N-dealkylation sites (N-methyl/N-ethyl adjacent to an activating group) is 1. The summed E-state index contributed by atoms with van der Waals surface area (Å²) in [5.41, 5.74) is 5.21. The van der Waals surface area contributed by atoms with Gasteiger partial charge >= 0.3 is 16.3 Å². The Bertz CT molecular complexity index is 340. The number of rotatable bonds is 5. The fourth-order valence-corrected chi connectivity index (χ4v) is 2.06. The first-order chi connectivity index (χ1) is 6.83. The molecule has 0 spiro atoms. The molecule has 0 heterocycles. The van der Waals surface area contributed by atoms with Crippen molar-refractivity contribution in [3.63, 3.8) is 0 Å². The molecule has 15 heavy (non-hydrogen) atoms. The van der Waals surface area contributed by atoms with E-state index < -0.39 is 16.3 Å². The Kier molecular flexibility index (Phi) is 5.47. The standard InChI is InChI=1S/C6H13N3O4S2/c1-3-9(4-5(7)14)15(11,12)8-6(10)13-2/h3-4H2,1-2H3,(H2,7,14)(H,8,10). The lowest BCUT2D eigenvalue weighted by atomic mass is 10.6. The molecule has 7 nitrogen and oxygen atoms in total. The molecule has 3 N–H and O–H groups in total. The minimum atomic E-state index is -3.94. The van der Waals surface area contributed by atoms with Gasteiger partial charge in [0.15, 0.2) is 0 Å². The van der Waals surface area contributed by atoms with Gasteiger partial charge < -0.3 is 10.5 Å². The number of hydrogen-bond acceptors (Lipinski definition) is 5. The van der Waals surface area contributed by atoms with Crippen molar-refractivity contribution in [1.82, 2.24) is 9.03 Å². The fourth-order valence-electron chi connectivity index (χ4n) is 0.752. The molecule has 1 amide bonds. The third-order valence-corrected chi connectivity index (χ3v) is 3.04. The lowest BCUT2D eigenvalue weighted by Crippen LogP contribution is -2.46. The molecule has 0 aliphatic carbocycles. The minimum absolute atomic E-state index is 0.0205. The van der Waals surface area contributed by atoms with E-state index in [0.717, 1.165) is 11.4 Å². The van der Waals surface area contributed by atoms with Crippen LogP contribution < -0.4 is 10.5 Å². The Morgan fingerprint density at radius 2 is 2.13 bits per heavy atom. The quantitative estimate of drug-likeness (QED) is 0.623. The molecule has 0 atom stereocenters. The van der Waals surface area contributed by atoms with Crippen molar-refractivity contribution in [1.29, 1.82) is 0 Å². The average molecular weight is 255 g/mol. The van der Waals surface area contributed by atoms with Gasteiger partial charge in [0.25, 0.3) is 0 Å². The third kappa shape index (κ3) is 4.91.